The van der Waals surface area contributed by atoms with Crippen LogP contribution in [-0.2, 0) is 9.47 Å². The molecule has 214 valence electrons. The van der Waals surface area contributed by atoms with Crippen molar-refractivity contribution in [2.45, 2.75) is 31.3 Å². The van der Waals surface area contributed by atoms with Crippen LogP contribution in [0, 0.1) is 11.6 Å². The highest BCUT2D eigenvalue weighted by molar-refractivity contribution is 5.92. The lowest BCUT2D eigenvalue weighted by Crippen LogP contribution is -2.47. The van der Waals surface area contributed by atoms with E-state index in [-0.39, 0.29) is 35.5 Å². The molecule has 0 amide bonds. The van der Waals surface area contributed by atoms with Gasteiger partial charge >= 0.3 is 0 Å². The van der Waals surface area contributed by atoms with Crippen molar-refractivity contribution in [1.29, 1.82) is 0 Å². The summed E-state index contributed by atoms with van der Waals surface area (Å²) in [7, 11) is 2.57. The maximum absolute atomic E-state index is 15.4. The second-order valence-corrected chi connectivity index (χ2v) is 9.61. The number of rotatable bonds is 9. The van der Waals surface area contributed by atoms with E-state index in [2.05, 4.69) is 32.2 Å². The van der Waals surface area contributed by atoms with E-state index in [0.717, 1.165) is 6.07 Å². The first kappa shape index (κ1) is 27.9. The Morgan fingerprint density at radius 3 is 2.55 bits per heavy atom. The maximum atomic E-state index is 15.4. The van der Waals surface area contributed by atoms with Crippen molar-refractivity contribution in [3.63, 3.8) is 0 Å². The summed E-state index contributed by atoms with van der Waals surface area (Å²) in [5, 5.41) is 17.0. The predicted octanol–water partition coefficient (Wildman–Crippen LogP) is 2.49. The van der Waals surface area contributed by atoms with Gasteiger partial charge in [0.05, 0.1) is 69.5 Å². The van der Waals surface area contributed by atoms with E-state index >= 15 is 8.78 Å². The second-order valence-electron chi connectivity index (χ2n) is 9.61. The number of hydrogen-bond donors (Lipinski definition) is 3. The Morgan fingerprint density at radius 2 is 1.88 bits per heavy atom. The van der Waals surface area contributed by atoms with Crippen LogP contribution in [0.3, 0.4) is 0 Å². The van der Waals surface area contributed by atoms with Gasteiger partial charge in [0.15, 0.2) is 29.0 Å². The van der Waals surface area contributed by atoms with Crippen molar-refractivity contribution >= 4 is 22.5 Å². The Morgan fingerprint density at radius 1 is 1.15 bits per heavy atom. The summed E-state index contributed by atoms with van der Waals surface area (Å²) in [4.78, 5) is 15.7. The third-order valence-corrected chi connectivity index (χ3v) is 6.92. The van der Waals surface area contributed by atoms with Gasteiger partial charge < -0.3 is 34.3 Å². The van der Waals surface area contributed by atoms with Gasteiger partial charge in [-0.1, -0.05) is 6.58 Å². The van der Waals surface area contributed by atoms with E-state index < -0.39 is 23.4 Å². The molecule has 2 unspecified atom stereocenters. The molecule has 2 aliphatic rings. The minimum absolute atomic E-state index is 0.0780. The lowest BCUT2D eigenvalue weighted by Gasteiger charge is -2.33. The molecular formula is C27H32F2N6O5. The van der Waals surface area contributed by atoms with Gasteiger partial charge in [0.2, 0.25) is 0 Å². The second kappa shape index (κ2) is 11.8. The summed E-state index contributed by atoms with van der Waals surface area (Å²) in [5.74, 6) is -1.41. The molecule has 0 saturated carbocycles. The number of aliphatic hydroxyl groups excluding tert-OH is 1. The highest BCUT2D eigenvalue weighted by atomic mass is 19.1. The van der Waals surface area contributed by atoms with Crippen LogP contribution >= 0.6 is 0 Å². The molecule has 3 N–H and O–H groups in total. The molecule has 2 aromatic heterocycles. The molecule has 0 bridgehead atoms. The number of ether oxygens (including phenoxy) is 4. The number of pyridine rings is 1. The van der Waals surface area contributed by atoms with Crippen LogP contribution in [0.5, 0.6) is 11.5 Å². The van der Waals surface area contributed by atoms with Crippen LogP contribution in [0.15, 0.2) is 31.0 Å². The van der Waals surface area contributed by atoms with Gasteiger partial charge in [-0.3, -0.25) is 5.32 Å². The number of methoxy groups -OCH3 is 2. The van der Waals surface area contributed by atoms with Crippen LogP contribution in [0.4, 0.5) is 20.4 Å². The van der Waals surface area contributed by atoms with Crippen molar-refractivity contribution in [1.82, 2.24) is 20.3 Å². The molecule has 11 nitrogen and oxygen atoms in total. The van der Waals surface area contributed by atoms with Crippen LogP contribution in [0.2, 0.25) is 0 Å². The zero-order valence-electron chi connectivity index (χ0n) is 22.5. The molecule has 0 radical (unpaired) electrons. The quantitative estimate of drug-likeness (QED) is 0.265. The van der Waals surface area contributed by atoms with E-state index in [4.69, 9.17) is 18.9 Å². The summed E-state index contributed by atoms with van der Waals surface area (Å²) in [6, 6.07) is 2.58. The van der Waals surface area contributed by atoms with Crippen molar-refractivity contribution < 1.29 is 32.8 Å². The summed E-state index contributed by atoms with van der Waals surface area (Å²) in [5.41, 5.74) is -0.0645. The topological polar surface area (TPSA) is 123 Å². The molecule has 2 aliphatic heterocycles. The summed E-state index contributed by atoms with van der Waals surface area (Å²) in [6.07, 6.45) is 1.97. The number of aliphatic hydroxyl groups is 1. The van der Waals surface area contributed by atoms with Crippen molar-refractivity contribution in [2.24, 2.45) is 0 Å². The van der Waals surface area contributed by atoms with Gasteiger partial charge in [-0.2, -0.15) is 0 Å². The van der Waals surface area contributed by atoms with Crippen molar-refractivity contribution in [2.75, 3.05) is 57.3 Å². The standard InChI is InChI=1S/C27H32F2N6O5/c1-5-22(36)32-18-13-39-12-17(18)31-21-8-15-16(10-30-21)33-26(34-27(15)35-6-7-40-14(2)11-35)23-24(28)19(37-3)9-20(38-4)25(23)29/h5,8-10,14,17-18,22,32,36H,1,6-7,11-13H2,2-4H3,(H,30,31)/t14?,17-,18+,22?/m1/s1. The fourth-order valence-corrected chi connectivity index (χ4v) is 4.88. The zero-order valence-corrected chi connectivity index (χ0v) is 22.5. The number of anilines is 2. The van der Waals surface area contributed by atoms with E-state index in [0.29, 0.717) is 55.4 Å². The molecule has 0 aliphatic carbocycles. The van der Waals surface area contributed by atoms with Crippen molar-refractivity contribution in [3.8, 4) is 22.9 Å². The van der Waals surface area contributed by atoms with Gasteiger partial charge in [0.25, 0.3) is 0 Å². The third-order valence-electron chi connectivity index (χ3n) is 6.92. The minimum Gasteiger partial charge on any atom is -0.494 e. The van der Waals surface area contributed by atoms with Crippen LogP contribution in [0.25, 0.3) is 22.3 Å². The number of nitrogens with zero attached hydrogens (tertiary/aromatic N) is 4. The van der Waals surface area contributed by atoms with Gasteiger partial charge in [0, 0.05) is 24.5 Å². The summed E-state index contributed by atoms with van der Waals surface area (Å²) in [6.45, 7) is 7.85. The Balaban J connectivity index is 1.60. The molecular weight excluding hydrogens is 526 g/mol. The van der Waals surface area contributed by atoms with E-state index in [9.17, 15) is 5.11 Å². The number of aromatic nitrogens is 3. The Kier molecular flexibility index (Phi) is 8.26. The summed E-state index contributed by atoms with van der Waals surface area (Å²) < 4.78 is 52.4. The highest BCUT2D eigenvalue weighted by Crippen LogP contribution is 2.38. The molecule has 0 spiro atoms. The monoisotopic (exact) mass is 558 g/mol. The normalized spacial score (nSPS) is 21.9. The zero-order chi connectivity index (χ0) is 28.4. The first-order chi connectivity index (χ1) is 19.3. The first-order valence-electron chi connectivity index (χ1n) is 12.9. The van der Waals surface area contributed by atoms with Crippen LogP contribution in [0.1, 0.15) is 6.92 Å². The number of hydrogen-bond acceptors (Lipinski definition) is 11. The molecule has 2 saturated heterocycles. The third kappa shape index (κ3) is 5.50. The number of halogens is 2. The molecule has 13 heteroatoms. The fourth-order valence-electron chi connectivity index (χ4n) is 4.88. The molecule has 3 aromatic rings. The largest absolute Gasteiger partial charge is 0.494 e. The van der Waals surface area contributed by atoms with E-state index in [1.54, 1.807) is 6.07 Å². The van der Waals surface area contributed by atoms with E-state index in [1.807, 2.05) is 11.8 Å². The average molecular weight is 559 g/mol. The predicted molar refractivity (Wildman–Crippen MR) is 145 cm³/mol. The molecule has 40 heavy (non-hydrogen) atoms. The van der Waals surface area contributed by atoms with E-state index in [1.165, 1.54) is 26.5 Å². The molecule has 2 fully saturated rings. The highest BCUT2D eigenvalue weighted by Gasteiger charge is 2.30. The Labute approximate surface area is 230 Å². The number of nitrogens with one attached hydrogen (secondary N) is 2. The SMILES string of the molecule is C=CC(O)N[C@H]1COC[C@H]1Nc1cc2c(N3CCOC(C)C3)nc(-c3c(F)c(OC)cc(OC)c3F)nc2cn1. The van der Waals surface area contributed by atoms with Gasteiger partial charge in [-0.15, -0.1) is 0 Å². The van der Waals surface area contributed by atoms with Gasteiger partial charge in [-0.05, 0) is 19.1 Å². The fraction of sp³-hybridized carbons (Fsp3) is 0.444. The Bertz CT molecular complexity index is 1370. The first-order valence-corrected chi connectivity index (χ1v) is 12.9. The summed E-state index contributed by atoms with van der Waals surface area (Å²) >= 11 is 0. The number of benzene rings is 1. The number of morpholine rings is 1. The molecule has 5 rings (SSSR count). The molecule has 4 heterocycles. The number of fused-ring (bicyclic) bond motifs is 1. The lowest BCUT2D eigenvalue weighted by molar-refractivity contribution is 0.0530. The van der Waals surface area contributed by atoms with Gasteiger partial charge in [0.1, 0.15) is 17.9 Å². The van der Waals surface area contributed by atoms with Crippen LogP contribution < -0.4 is 25.0 Å². The molecule has 1 aromatic carbocycles. The smallest absolute Gasteiger partial charge is 0.179 e. The molecule has 4 atom stereocenters. The Hall–Kier alpha value is -3.65. The van der Waals surface area contributed by atoms with Crippen molar-refractivity contribution in [3.05, 3.63) is 42.6 Å². The minimum atomic E-state index is -0.936. The maximum Gasteiger partial charge on any atom is 0.179 e. The van der Waals surface area contributed by atoms with Crippen LogP contribution in [-0.4, -0.2) is 91.6 Å². The van der Waals surface area contributed by atoms with Gasteiger partial charge in [-0.25, -0.2) is 23.7 Å². The lowest BCUT2D eigenvalue weighted by atomic mass is 10.1. The average Bonchev–Trinajstić information content (AvgIpc) is 3.38.